The van der Waals surface area contributed by atoms with E-state index in [4.69, 9.17) is 11.6 Å². The van der Waals surface area contributed by atoms with E-state index in [1.54, 1.807) is 0 Å². The lowest BCUT2D eigenvalue weighted by atomic mass is 10.0. The van der Waals surface area contributed by atoms with Crippen LogP contribution in [0.4, 0.5) is 11.5 Å². The van der Waals surface area contributed by atoms with Crippen LogP contribution in [0.2, 0.25) is 5.28 Å². The summed E-state index contributed by atoms with van der Waals surface area (Å²) in [7, 11) is 0. The van der Waals surface area contributed by atoms with Gasteiger partial charge in [-0.25, -0.2) is 4.98 Å². The highest BCUT2D eigenvalue weighted by Gasteiger charge is 2.22. The number of hydrogen-bond acceptors (Lipinski definition) is 5. The molecule has 0 saturated heterocycles. The molecule has 1 unspecified atom stereocenters. The minimum Gasteiger partial charge on any atom is -0.364 e. The van der Waals surface area contributed by atoms with Gasteiger partial charge in [-0.15, -0.1) is 0 Å². The molecule has 1 heterocycles. The number of hydrogen-bond donors (Lipinski definition) is 1. The summed E-state index contributed by atoms with van der Waals surface area (Å²) in [6.45, 7) is 4.08. The van der Waals surface area contributed by atoms with E-state index in [2.05, 4.69) is 15.3 Å². The highest BCUT2D eigenvalue weighted by molar-refractivity contribution is 6.28. The van der Waals surface area contributed by atoms with Crippen molar-refractivity contribution in [3.05, 3.63) is 57.0 Å². The van der Waals surface area contributed by atoms with Crippen LogP contribution < -0.4 is 5.32 Å². The average Bonchev–Trinajstić information content (AvgIpc) is 2.44. The Morgan fingerprint density at radius 3 is 2.62 bits per heavy atom. The molecule has 110 valence electrons. The second kappa shape index (κ2) is 6.49. The molecule has 2 rings (SSSR count). The first kappa shape index (κ1) is 15.2. The Labute approximate surface area is 127 Å². The summed E-state index contributed by atoms with van der Waals surface area (Å²) in [6, 6.07) is 9.89. The van der Waals surface area contributed by atoms with Gasteiger partial charge in [-0.05, 0) is 30.0 Å². The number of nitro groups is 1. The van der Waals surface area contributed by atoms with Gasteiger partial charge in [0.05, 0.1) is 4.92 Å². The summed E-state index contributed by atoms with van der Waals surface area (Å²) in [6.07, 6.45) is 0. The van der Waals surface area contributed by atoms with Crippen molar-refractivity contribution in [3.8, 4) is 0 Å². The van der Waals surface area contributed by atoms with Crippen LogP contribution >= 0.6 is 11.6 Å². The van der Waals surface area contributed by atoms with Crippen LogP contribution in [0.5, 0.6) is 0 Å². The Hall–Kier alpha value is -2.21. The topological polar surface area (TPSA) is 81.0 Å². The summed E-state index contributed by atoms with van der Waals surface area (Å²) in [5.74, 6) is 0.333. The van der Waals surface area contributed by atoms with Gasteiger partial charge in [-0.2, -0.15) is 4.98 Å². The van der Waals surface area contributed by atoms with Crippen molar-refractivity contribution < 1.29 is 4.92 Å². The lowest BCUT2D eigenvalue weighted by molar-refractivity contribution is -0.385. The molecule has 0 spiro atoms. The molecule has 0 amide bonds. The molecule has 0 radical (unpaired) electrons. The molecule has 0 bridgehead atoms. The minimum atomic E-state index is -0.499. The molecule has 6 nitrogen and oxygen atoms in total. The van der Waals surface area contributed by atoms with Gasteiger partial charge < -0.3 is 5.32 Å². The van der Waals surface area contributed by atoms with E-state index in [9.17, 15) is 10.1 Å². The van der Waals surface area contributed by atoms with Gasteiger partial charge >= 0.3 is 5.69 Å². The van der Waals surface area contributed by atoms with E-state index in [0.29, 0.717) is 6.54 Å². The molecule has 1 N–H and O–H groups in total. The number of halogens is 1. The summed E-state index contributed by atoms with van der Waals surface area (Å²) < 4.78 is 0. The van der Waals surface area contributed by atoms with Gasteiger partial charge in [0.1, 0.15) is 5.69 Å². The molecule has 7 heteroatoms. The summed E-state index contributed by atoms with van der Waals surface area (Å²) in [5.41, 5.74) is 1.25. The highest BCUT2D eigenvalue weighted by Crippen LogP contribution is 2.27. The van der Waals surface area contributed by atoms with Gasteiger partial charge in [0.15, 0.2) is 0 Å². The summed E-state index contributed by atoms with van der Waals surface area (Å²) in [5, 5.41) is 14.1. The van der Waals surface area contributed by atoms with Crippen molar-refractivity contribution in [1.82, 2.24) is 9.97 Å². The van der Waals surface area contributed by atoms with Gasteiger partial charge in [0.25, 0.3) is 0 Å². The summed E-state index contributed by atoms with van der Waals surface area (Å²) in [4.78, 5) is 18.3. The largest absolute Gasteiger partial charge is 0.364 e. The molecule has 0 saturated carbocycles. The van der Waals surface area contributed by atoms with Gasteiger partial charge in [0, 0.05) is 6.54 Å². The maximum Gasteiger partial charge on any atom is 0.332 e. The molecule has 21 heavy (non-hydrogen) atoms. The van der Waals surface area contributed by atoms with E-state index in [0.717, 1.165) is 5.56 Å². The molecular formula is C14H15ClN4O2. The van der Waals surface area contributed by atoms with Crippen molar-refractivity contribution in [2.24, 2.45) is 0 Å². The molecule has 0 aliphatic heterocycles. The minimum absolute atomic E-state index is 0.00651. The van der Waals surface area contributed by atoms with Crippen LogP contribution in [0, 0.1) is 17.0 Å². The van der Waals surface area contributed by atoms with Crippen molar-refractivity contribution in [3.63, 3.8) is 0 Å². The number of aromatic nitrogens is 2. The Morgan fingerprint density at radius 2 is 2.00 bits per heavy atom. The normalized spacial score (nSPS) is 12.0. The van der Waals surface area contributed by atoms with E-state index in [1.807, 2.05) is 37.3 Å². The van der Waals surface area contributed by atoms with Crippen LogP contribution in [0.3, 0.4) is 0 Å². The maximum atomic E-state index is 11.1. The summed E-state index contributed by atoms with van der Waals surface area (Å²) >= 11 is 5.77. The monoisotopic (exact) mass is 306 g/mol. The number of nitrogens with zero attached hydrogens (tertiary/aromatic N) is 3. The molecule has 0 aliphatic carbocycles. The fourth-order valence-corrected chi connectivity index (χ4v) is 2.24. The van der Waals surface area contributed by atoms with E-state index < -0.39 is 4.92 Å². The Kier molecular flexibility index (Phi) is 4.70. The first-order valence-electron chi connectivity index (χ1n) is 6.46. The van der Waals surface area contributed by atoms with Crippen LogP contribution in [0.15, 0.2) is 30.3 Å². The second-order valence-corrected chi connectivity index (χ2v) is 5.06. The first-order valence-corrected chi connectivity index (χ1v) is 6.84. The lowest BCUT2D eigenvalue weighted by Crippen LogP contribution is -2.13. The smallest absolute Gasteiger partial charge is 0.332 e. The molecule has 1 aromatic heterocycles. The fraction of sp³-hybridized carbons (Fsp3) is 0.286. The van der Waals surface area contributed by atoms with E-state index in [1.165, 1.54) is 6.92 Å². The van der Waals surface area contributed by atoms with Crippen molar-refractivity contribution in [1.29, 1.82) is 0 Å². The number of benzene rings is 1. The molecule has 2 aromatic rings. The van der Waals surface area contributed by atoms with Crippen molar-refractivity contribution >= 4 is 23.1 Å². The standard InChI is InChI=1S/C14H15ClN4O2/c1-9(11-6-4-3-5-7-11)8-16-13-12(19(20)21)10(2)17-14(15)18-13/h3-7,9H,8H2,1-2H3,(H,16,17,18). The quantitative estimate of drug-likeness (QED) is 0.519. The van der Waals surface area contributed by atoms with Gasteiger partial charge in [-0.1, -0.05) is 37.3 Å². The van der Waals surface area contributed by atoms with Crippen LogP contribution in [-0.4, -0.2) is 21.4 Å². The predicted molar refractivity (Wildman–Crippen MR) is 81.8 cm³/mol. The molecule has 0 fully saturated rings. The number of aryl methyl sites for hydroxylation is 1. The zero-order valence-corrected chi connectivity index (χ0v) is 12.5. The third-order valence-corrected chi connectivity index (χ3v) is 3.33. The Balaban J connectivity index is 2.18. The zero-order chi connectivity index (χ0) is 15.4. The van der Waals surface area contributed by atoms with Crippen molar-refractivity contribution in [2.75, 3.05) is 11.9 Å². The van der Waals surface area contributed by atoms with Gasteiger partial charge in [-0.3, -0.25) is 10.1 Å². The first-order chi connectivity index (χ1) is 9.99. The maximum absolute atomic E-state index is 11.1. The number of nitrogens with one attached hydrogen (secondary N) is 1. The predicted octanol–water partition coefficient (Wildman–Crippen LogP) is 3.56. The molecule has 1 aromatic carbocycles. The van der Waals surface area contributed by atoms with E-state index in [-0.39, 0.29) is 28.4 Å². The molecule has 1 atom stereocenters. The van der Waals surface area contributed by atoms with E-state index >= 15 is 0 Å². The average molecular weight is 307 g/mol. The number of anilines is 1. The Morgan fingerprint density at radius 1 is 1.33 bits per heavy atom. The van der Waals surface area contributed by atoms with Crippen molar-refractivity contribution in [2.45, 2.75) is 19.8 Å². The third kappa shape index (κ3) is 3.66. The van der Waals surface area contributed by atoms with Crippen LogP contribution in [0.25, 0.3) is 0 Å². The third-order valence-electron chi connectivity index (χ3n) is 3.16. The van der Waals surface area contributed by atoms with Crippen LogP contribution in [-0.2, 0) is 0 Å². The second-order valence-electron chi connectivity index (χ2n) is 4.73. The SMILES string of the molecule is Cc1nc(Cl)nc(NCC(C)c2ccccc2)c1[N+](=O)[O-]. The Bertz CT molecular complexity index is 649. The van der Waals surface area contributed by atoms with Gasteiger partial charge in [0.2, 0.25) is 11.1 Å². The van der Waals surface area contributed by atoms with Crippen LogP contribution in [0.1, 0.15) is 24.1 Å². The fourth-order valence-electron chi connectivity index (χ4n) is 2.02. The zero-order valence-electron chi connectivity index (χ0n) is 11.7. The molecular weight excluding hydrogens is 292 g/mol. The number of rotatable bonds is 5. The molecule has 0 aliphatic rings. The highest BCUT2D eigenvalue weighted by atomic mass is 35.5. The lowest BCUT2D eigenvalue weighted by Gasteiger charge is -2.14.